The van der Waals surface area contributed by atoms with Crippen LogP contribution in [0.1, 0.15) is 25.5 Å². The lowest BCUT2D eigenvalue weighted by atomic mass is 10.1. The molecule has 4 heteroatoms. The molecule has 1 aromatic rings. The first-order valence-electron chi connectivity index (χ1n) is 5.75. The lowest BCUT2D eigenvalue weighted by Gasteiger charge is -2.18. The van der Waals surface area contributed by atoms with Crippen LogP contribution in [-0.4, -0.2) is 23.7 Å². The molecule has 0 fully saturated rings. The topological polar surface area (TPSA) is 32.3 Å². The van der Waals surface area contributed by atoms with Gasteiger partial charge in [0.1, 0.15) is 11.6 Å². The molecule has 0 amide bonds. The Morgan fingerprint density at radius 3 is 2.71 bits per heavy atom. The number of thioether (sulfide) groups is 1. The van der Waals surface area contributed by atoms with Crippen molar-refractivity contribution in [3.63, 3.8) is 0 Å². The van der Waals surface area contributed by atoms with Crippen molar-refractivity contribution in [3.8, 4) is 5.75 Å². The summed E-state index contributed by atoms with van der Waals surface area (Å²) in [5.41, 5.74) is 0.739. The lowest BCUT2D eigenvalue weighted by Crippen LogP contribution is -2.25. The fourth-order valence-corrected chi connectivity index (χ4v) is 2.40. The summed E-state index contributed by atoms with van der Waals surface area (Å²) in [5, 5.41) is 13.0. The molecule has 0 aliphatic rings. The molecule has 1 rings (SSSR count). The molecule has 0 spiro atoms. The molecule has 0 heterocycles. The molecular formula is C13H20FNOS. The Labute approximate surface area is 107 Å². The van der Waals surface area contributed by atoms with Crippen LogP contribution in [0, 0.1) is 11.7 Å². The van der Waals surface area contributed by atoms with Gasteiger partial charge in [-0.3, -0.25) is 0 Å². The summed E-state index contributed by atoms with van der Waals surface area (Å²) in [4.78, 5) is 0. The normalized spacial score (nSPS) is 14.6. The molecule has 0 aliphatic heterocycles. The van der Waals surface area contributed by atoms with E-state index in [2.05, 4.69) is 18.5 Å². The number of hydrogen-bond acceptors (Lipinski definition) is 3. The smallest absolute Gasteiger partial charge is 0.126 e. The van der Waals surface area contributed by atoms with Crippen molar-refractivity contribution < 1.29 is 9.50 Å². The minimum absolute atomic E-state index is 0.0162. The van der Waals surface area contributed by atoms with Crippen LogP contribution in [-0.2, 0) is 0 Å². The van der Waals surface area contributed by atoms with E-state index in [1.165, 1.54) is 6.07 Å². The molecule has 0 aromatic heterocycles. The summed E-state index contributed by atoms with van der Waals surface area (Å²) in [6.45, 7) is 5.04. The van der Waals surface area contributed by atoms with E-state index >= 15 is 0 Å². The van der Waals surface area contributed by atoms with Crippen molar-refractivity contribution in [2.45, 2.75) is 19.9 Å². The third-order valence-corrected chi connectivity index (χ3v) is 3.59. The maximum absolute atomic E-state index is 12.8. The first kappa shape index (κ1) is 14.3. The van der Waals surface area contributed by atoms with E-state index in [0.717, 1.165) is 23.9 Å². The second-order valence-electron chi connectivity index (χ2n) is 4.39. The minimum Gasteiger partial charge on any atom is -0.508 e. The van der Waals surface area contributed by atoms with E-state index in [1.807, 2.05) is 18.7 Å². The first-order valence-corrected chi connectivity index (χ1v) is 7.14. The molecule has 2 atom stereocenters. The molecule has 0 aliphatic carbocycles. The van der Waals surface area contributed by atoms with Crippen molar-refractivity contribution in [2.75, 3.05) is 18.6 Å². The fourth-order valence-electron chi connectivity index (χ4n) is 1.71. The van der Waals surface area contributed by atoms with Gasteiger partial charge in [0.25, 0.3) is 0 Å². The number of halogens is 1. The predicted molar refractivity (Wildman–Crippen MR) is 72.0 cm³/mol. The second kappa shape index (κ2) is 6.87. The molecule has 2 unspecified atom stereocenters. The Balaban J connectivity index is 2.54. The highest BCUT2D eigenvalue weighted by Gasteiger charge is 2.11. The van der Waals surface area contributed by atoms with Crippen LogP contribution in [0.2, 0.25) is 0 Å². The van der Waals surface area contributed by atoms with Crippen molar-refractivity contribution in [1.29, 1.82) is 0 Å². The number of benzene rings is 1. The number of phenols is 1. The van der Waals surface area contributed by atoms with Crippen LogP contribution in [0.4, 0.5) is 4.39 Å². The van der Waals surface area contributed by atoms with Crippen LogP contribution >= 0.6 is 11.8 Å². The Hall–Kier alpha value is -0.740. The van der Waals surface area contributed by atoms with Crippen molar-refractivity contribution in [2.24, 2.45) is 5.92 Å². The van der Waals surface area contributed by atoms with Gasteiger partial charge in [-0.05, 0) is 37.5 Å². The standard InChI is InChI=1S/C13H20FNOS/c1-9(8-17-3)7-15-10(2)12-5-4-11(14)6-13(12)16/h4-6,9-10,15-16H,7-8H2,1-3H3. The molecule has 0 radical (unpaired) electrons. The number of nitrogens with one attached hydrogen (secondary N) is 1. The maximum Gasteiger partial charge on any atom is 0.126 e. The number of phenolic OH excluding ortho intramolecular Hbond substituents is 1. The van der Waals surface area contributed by atoms with Crippen LogP contribution in [0.3, 0.4) is 0 Å². The van der Waals surface area contributed by atoms with Crippen LogP contribution < -0.4 is 5.32 Å². The van der Waals surface area contributed by atoms with Gasteiger partial charge in [-0.1, -0.05) is 13.0 Å². The monoisotopic (exact) mass is 257 g/mol. The van der Waals surface area contributed by atoms with Crippen molar-refractivity contribution >= 4 is 11.8 Å². The zero-order valence-electron chi connectivity index (χ0n) is 10.5. The molecular weight excluding hydrogens is 237 g/mol. The van der Waals surface area contributed by atoms with Gasteiger partial charge in [0.05, 0.1) is 0 Å². The quantitative estimate of drug-likeness (QED) is 0.821. The molecule has 0 saturated heterocycles. The highest BCUT2D eigenvalue weighted by molar-refractivity contribution is 7.98. The number of aromatic hydroxyl groups is 1. The Morgan fingerprint density at radius 1 is 1.41 bits per heavy atom. The summed E-state index contributed by atoms with van der Waals surface area (Å²) in [5.74, 6) is 1.29. The summed E-state index contributed by atoms with van der Waals surface area (Å²) >= 11 is 1.82. The summed E-state index contributed by atoms with van der Waals surface area (Å²) in [6, 6.07) is 4.18. The van der Waals surface area contributed by atoms with Gasteiger partial charge in [-0.25, -0.2) is 4.39 Å². The first-order chi connectivity index (χ1) is 8.04. The van der Waals surface area contributed by atoms with Gasteiger partial charge in [0, 0.05) is 17.7 Å². The molecule has 1 aromatic carbocycles. The summed E-state index contributed by atoms with van der Waals surface area (Å²) < 4.78 is 12.8. The van der Waals surface area contributed by atoms with E-state index in [0.29, 0.717) is 5.92 Å². The van der Waals surface area contributed by atoms with E-state index in [1.54, 1.807) is 6.07 Å². The van der Waals surface area contributed by atoms with E-state index in [4.69, 9.17) is 0 Å². The average molecular weight is 257 g/mol. The zero-order valence-corrected chi connectivity index (χ0v) is 11.4. The third kappa shape index (κ3) is 4.56. The Morgan fingerprint density at radius 2 is 2.12 bits per heavy atom. The summed E-state index contributed by atoms with van der Waals surface area (Å²) in [7, 11) is 0. The third-order valence-electron chi connectivity index (χ3n) is 2.68. The van der Waals surface area contributed by atoms with E-state index in [9.17, 15) is 9.50 Å². The van der Waals surface area contributed by atoms with Gasteiger partial charge < -0.3 is 10.4 Å². The van der Waals surface area contributed by atoms with Crippen LogP contribution in [0.5, 0.6) is 5.75 Å². The minimum atomic E-state index is -0.408. The Bertz CT molecular complexity index is 359. The highest BCUT2D eigenvalue weighted by atomic mass is 32.2. The van der Waals surface area contributed by atoms with E-state index < -0.39 is 5.82 Å². The second-order valence-corrected chi connectivity index (χ2v) is 5.30. The molecule has 2 N–H and O–H groups in total. The van der Waals surface area contributed by atoms with Gasteiger partial charge >= 0.3 is 0 Å². The lowest BCUT2D eigenvalue weighted by molar-refractivity contribution is 0.439. The summed E-state index contributed by atoms with van der Waals surface area (Å²) in [6.07, 6.45) is 2.09. The fraction of sp³-hybridized carbons (Fsp3) is 0.538. The largest absolute Gasteiger partial charge is 0.508 e. The molecule has 0 saturated carbocycles. The van der Waals surface area contributed by atoms with Gasteiger partial charge in [-0.2, -0.15) is 11.8 Å². The number of rotatable bonds is 6. The zero-order chi connectivity index (χ0) is 12.8. The van der Waals surface area contributed by atoms with Crippen molar-refractivity contribution in [3.05, 3.63) is 29.6 Å². The SMILES string of the molecule is CSCC(C)CNC(C)c1ccc(F)cc1O. The van der Waals surface area contributed by atoms with Gasteiger partial charge in [-0.15, -0.1) is 0 Å². The van der Waals surface area contributed by atoms with Crippen LogP contribution in [0.15, 0.2) is 18.2 Å². The maximum atomic E-state index is 12.8. The Kier molecular flexibility index (Phi) is 5.78. The number of hydrogen-bond donors (Lipinski definition) is 2. The highest BCUT2D eigenvalue weighted by Crippen LogP contribution is 2.24. The van der Waals surface area contributed by atoms with Gasteiger partial charge in [0.2, 0.25) is 0 Å². The molecule has 96 valence electrons. The van der Waals surface area contributed by atoms with Gasteiger partial charge in [0.15, 0.2) is 0 Å². The molecule has 17 heavy (non-hydrogen) atoms. The predicted octanol–water partition coefficient (Wildman–Crippen LogP) is 3.18. The molecule has 2 nitrogen and oxygen atoms in total. The van der Waals surface area contributed by atoms with E-state index in [-0.39, 0.29) is 11.8 Å². The molecule has 0 bridgehead atoms. The van der Waals surface area contributed by atoms with Crippen molar-refractivity contribution in [1.82, 2.24) is 5.32 Å². The average Bonchev–Trinajstić information content (AvgIpc) is 2.26. The van der Waals surface area contributed by atoms with Crippen LogP contribution in [0.25, 0.3) is 0 Å².